The molecule has 1 aliphatic heterocycles. The number of likely N-dealkylation sites (tertiary alicyclic amines) is 1. The Morgan fingerprint density at radius 2 is 2.04 bits per heavy atom. The van der Waals surface area contributed by atoms with Crippen LogP contribution in [0.4, 0.5) is 0 Å². The maximum atomic E-state index is 12.9. The predicted molar refractivity (Wildman–Crippen MR) is 99.8 cm³/mol. The summed E-state index contributed by atoms with van der Waals surface area (Å²) >= 11 is 0. The van der Waals surface area contributed by atoms with Gasteiger partial charge in [-0.15, -0.1) is 5.10 Å². The number of benzene rings is 1. The molecule has 7 nitrogen and oxygen atoms in total. The molecule has 7 heteroatoms. The lowest BCUT2D eigenvalue weighted by molar-refractivity contribution is 0.0691. The second-order valence-electron chi connectivity index (χ2n) is 6.97. The summed E-state index contributed by atoms with van der Waals surface area (Å²) < 4.78 is 7.37. The van der Waals surface area contributed by atoms with Crippen LogP contribution >= 0.6 is 0 Å². The highest BCUT2D eigenvalue weighted by molar-refractivity contribution is 5.93. The molecule has 1 amide bonds. The van der Waals surface area contributed by atoms with Crippen molar-refractivity contribution < 1.29 is 9.53 Å². The van der Waals surface area contributed by atoms with Crippen molar-refractivity contribution in [1.82, 2.24) is 25.2 Å². The standard InChI is InChI=1S/C19H27N5O2/c1-13(2)26-17-9-7-16(8-10-17)24-14(3)18(21-22-24)19(25)23-11-5-6-15(12-23)20-4/h7-10,13,15,20H,5-6,11-12H2,1-4H3. The van der Waals surface area contributed by atoms with Gasteiger partial charge in [-0.05, 0) is 64.9 Å². The Morgan fingerprint density at radius 3 is 2.69 bits per heavy atom. The first-order valence-electron chi connectivity index (χ1n) is 9.15. The number of ether oxygens (including phenoxy) is 1. The van der Waals surface area contributed by atoms with Crippen LogP contribution in [0.25, 0.3) is 5.69 Å². The first-order chi connectivity index (χ1) is 12.5. The summed E-state index contributed by atoms with van der Waals surface area (Å²) in [5, 5.41) is 11.6. The van der Waals surface area contributed by atoms with Gasteiger partial charge in [-0.1, -0.05) is 5.21 Å². The van der Waals surface area contributed by atoms with Gasteiger partial charge >= 0.3 is 0 Å². The van der Waals surface area contributed by atoms with Gasteiger partial charge in [0.25, 0.3) is 5.91 Å². The molecule has 140 valence electrons. The van der Waals surface area contributed by atoms with Crippen molar-refractivity contribution in [2.24, 2.45) is 0 Å². The van der Waals surface area contributed by atoms with Crippen LogP contribution in [0.1, 0.15) is 42.9 Å². The van der Waals surface area contributed by atoms with Gasteiger partial charge in [-0.3, -0.25) is 4.79 Å². The SMILES string of the molecule is CNC1CCCN(C(=O)c2nnn(-c3ccc(OC(C)C)cc3)c2C)C1. The smallest absolute Gasteiger partial charge is 0.276 e. The van der Waals surface area contributed by atoms with Crippen LogP contribution in [-0.4, -0.2) is 58.1 Å². The number of nitrogens with zero attached hydrogens (tertiary/aromatic N) is 4. The third-order valence-corrected chi connectivity index (χ3v) is 4.67. The Bertz CT molecular complexity index is 754. The molecule has 1 N–H and O–H groups in total. The summed E-state index contributed by atoms with van der Waals surface area (Å²) in [6.07, 6.45) is 2.22. The van der Waals surface area contributed by atoms with Crippen molar-refractivity contribution in [3.05, 3.63) is 35.7 Å². The van der Waals surface area contributed by atoms with Gasteiger partial charge in [-0.25, -0.2) is 4.68 Å². The highest BCUT2D eigenvalue weighted by atomic mass is 16.5. The molecule has 2 aromatic rings. The fraction of sp³-hybridized carbons (Fsp3) is 0.526. The first kappa shape index (κ1) is 18.4. The van der Waals surface area contributed by atoms with E-state index in [1.807, 2.05) is 57.0 Å². The van der Waals surface area contributed by atoms with Crippen LogP contribution in [-0.2, 0) is 0 Å². The van der Waals surface area contributed by atoms with Gasteiger partial charge in [0.2, 0.25) is 0 Å². The molecule has 1 atom stereocenters. The average molecular weight is 357 g/mol. The first-order valence-corrected chi connectivity index (χ1v) is 9.15. The van der Waals surface area contributed by atoms with Gasteiger partial charge in [0.15, 0.2) is 5.69 Å². The second-order valence-corrected chi connectivity index (χ2v) is 6.97. The topological polar surface area (TPSA) is 72.3 Å². The number of likely N-dealkylation sites (N-methyl/N-ethyl adjacent to an activating group) is 1. The Balaban J connectivity index is 1.78. The molecule has 0 spiro atoms. The van der Waals surface area contributed by atoms with Gasteiger partial charge in [0.1, 0.15) is 5.75 Å². The number of aromatic nitrogens is 3. The summed E-state index contributed by atoms with van der Waals surface area (Å²) in [4.78, 5) is 14.7. The minimum absolute atomic E-state index is 0.0477. The lowest BCUT2D eigenvalue weighted by atomic mass is 10.1. The number of piperidine rings is 1. The molecule has 0 aliphatic carbocycles. The van der Waals surface area contributed by atoms with E-state index in [-0.39, 0.29) is 12.0 Å². The average Bonchev–Trinajstić information content (AvgIpc) is 3.03. The van der Waals surface area contributed by atoms with E-state index < -0.39 is 0 Å². The van der Waals surface area contributed by atoms with E-state index in [2.05, 4.69) is 15.6 Å². The van der Waals surface area contributed by atoms with E-state index in [9.17, 15) is 4.79 Å². The van der Waals surface area contributed by atoms with E-state index in [0.29, 0.717) is 18.3 Å². The zero-order valence-corrected chi connectivity index (χ0v) is 15.9. The van der Waals surface area contributed by atoms with Gasteiger partial charge in [-0.2, -0.15) is 0 Å². The molecular weight excluding hydrogens is 330 g/mol. The van der Waals surface area contributed by atoms with Crippen molar-refractivity contribution in [3.8, 4) is 11.4 Å². The molecule has 1 aliphatic rings. The van der Waals surface area contributed by atoms with E-state index in [1.165, 1.54) is 0 Å². The van der Waals surface area contributed by atoms with Gasteiger partial charge in [0, 0.05) is 19.1 Å². The molecule has 0 radical (unpaired) electrons. The molecule has 1 aromatic heterocycles. The molecule has 1 aromatic carbocycles. The molecular formula is C19H27N5O2. The largest absolute Gasteiger partial charge is 0.491 e. The molecule has 0 saturated carbocycles. The summed E-state index contributed by atoms with van der Waals surface area (Å²) in [5.41, 5.74) is 2.03. The molecule has 0 bridgehead atoms. The maximum Gasteiger partial charge on any atom is 0.276 e. The third kappa shape index (κ3) is 3.88. The summed E-state index contributed by atoms with van der Waals surface area (Å²) in [7, 11) is 1.94. The molecule has 3 rings (SSSR count). The molecule has 2 heterocycles. The number of nitrogens with one attached hydrogen (secondary N) is 1. The zero-order valence-electron chi connectivity index (χ0n) is 15.9. The monoisotopic (exact) mass is 357 g/mol. The Labute approximate surface area is 154 Å². The number of carbonyl (C=O) groups is 1. The highest BCUT2D eigenvalue weighted by Crippen LogP contribution is 2.20. The Hall–Kier alpha value is -2.41. The van der Waals surface area contributed by atoms with Crippen LogP contribution < -0.4 is 10.1 Å². The minimum Gasteiger partial charge on any atom is -0.491 e. The van der Waals surface area contributed by atoms with Crippen LogP contribution in [0.2, 0.25) is 0 Å². The van der Waals surface area contributed by atoms with Crippen LogP contribution in [0.15, 0.2) is 24.3 Å². The van der Waals surface area contributed by atoms with Crippen LogP contribution in [0, 0.1) is 6.92 Å². The molecule has 26 heavy (non-hydrogen) atoms. The summed E-state index contributed by atoms with van der Waals surface area (Å²) in [6.45, 7) is 7.35. The highest BCUT2D eigenvalue weighted by Gasteiger charge is 2.27. The zero-order chi connectivity index (χ0) is 18.7. The second kappa shape index (κ2) is 7.86. The minimum atomic E-state index is -0.0477. The Morgan fingerprint density at radius 1 is 1.31 bits per heavy atom. The number of carbonyl (C=O) groups excluding carboxylic acids is 1. The normalized spacial score (nSPS) is 17.6. The van der Waals surface area contributed by atoms with Crippen LogP contribution in [0.3, 0.4) is 0 Å². The maximum absolute atomic E-state index is 12.9. The lowest BCUT2D eigenvalue weighted by Gasteiger charge is -2.32. The van der Waals surface area contributed by atoms with Crippen molar-refractivity contribution in [1.29, 1.82) is 0 Å². The number of hydrogen-bond acceptors (Lipinski definition) is 5. The number of rotatable bonds is 5. The summed E-state index contributed by atoms with van der Waals surface area (Å²) in [6, 6.07) is 7.99. The number of hydrogen-bond donors (Lipinski definition) is 1. The van der Waals surface area contributed by atoms with Crippen molar-refractivity contribution in [2.75, 3.05) is 20.1 Å². The predicted octanol–water partition coefficient (Wildman–Crippen LogP) is 2.19. The molecule has 1 saturated heterocycles. The van der Waals surface area contributed by atoms with Gasteiger partial charge in [0.05, 0.1) is 17.5 Å². The fourth-order valence-electron chi connectivity index (χ4n) is 3.26. The lowest BCUT2D eigenvalue weighted by Crippen LogP contribution is -2.47. The molecule has 1 unspecified atom stereocenters. The third-order valence-electron chi connectivity index (χ3n) is 4.67. The van der Waals surface area contributed by atoms with Gasteiger partial charge < -0.3 is 15.0 Å². The van der Waals surface area contributed by atoms with Crippen molar-refractivity contribution >= 4 is 5.91 Å². The van der Waals surface area contributed by atoms with Crippen LogP contribution in [0.5, 0.6) is 5.75 Å². The van der Waals surface area contributed by atoms with E-state index in [4.69, 9.17) is 4.74 Å². The summed E-state index contributed by atoms with van der Waals surface area (Å²) in [5.74, 6) is 0.762. The fourth-order valence-corrected chi connectivity index (χ4v) is 3.26. The number of amides is 1. The quantitative estimate of drug-likeness (QED) is 0.888. The molecule has 1 fully saturated rings. The van der Waals surface area contributed by atoms with Crippen molar-refractivity contribution in [2.45, 2.75) is 45.8 Å². The van der Waals surface area contributed by atoms with E-state index in [1.54, 1.807) is 4.68 Å². The Kier molecular flexibility index (Phi) is 5.56. The van der Waals surface area contributed by atoms with Crippen molar-refractivity contribution in [3.63, 3.8) is 0 Å². The van der Waals surface area contributed by atoms with E-state index in [0.717, 1.165) is 36.5 Å². The van der Waals surface area contributed by atoms with E-state index >= 15 is 0 Å².